The van der Waals surface area contributed by atoms with Crippen LogP contribution in [0, 0.1) is 0 Å². The molecule has 2 nitrogen and oxygen atoms in total. The minimum Gasteiger partial charge on any atom is -0.456 e. The zero-order chi connectivity index (χ0) is 17.1. The molecule has 1 aliphatic rings. The lowest BCUT2D eigenvalue weighted by molar-refractivity contribution is 0.668. The Morgan fingerprint density at radius 2 is 1.62 bits per heavy atom. The Morgan fingerprint density at radius 3 is 2.58 bits per heavy atom. The number of H-pyrrole nitrogens is 1. The zero-order valence-corrected chi connectivity index (χ0v) is 14.2. The Morgan fingerprint density at radius 1 is 0.808 bits per heavy atom. The number of furan rings is 1. The number of aromatic amines is 1. The van der Waals surface area contributed by atoms with Crippen LogP contribution in [0.15, 0.2) is 71.1 Å². The molecule has 124 valence electrons. The van der Waals surface area contributed by atoms with Gasteiger partial charge >= 0.3 is 0 Å². The highest BCUT2D eigenvalue weighted by molar-refractivity contribution is 6.05. The number of rotatable bonds is 1. The average Bonchev–Trinajstić information content (AvgIpc) is 3.25. The van der Waals surface area contributed by atoms with E-state index in [0.29, 0.717) is 5.92 Å². The lowest BCUT2D eigenvalue weighted by atomic mass is 9.90. The summed E-state index contributed by atoms with van der Waals surface area (Å²) in [6, 6.07) is 23.4. The molecule has 3 aromatic carbocycles. The van der Waals surface area contributed by atoms with Gasteiger partial charge < -0.3 is 9.40 Å². The summed E-state index contributed by atoms with van der Waals surface area (Å²) in [4.78, 5) is 3.54. The van der Waals surface area contributed by atoms with Crippen molar-refractivity contribution in [3.63, 3.8) is 0 Å². The topological polar surface area (TPSA) is 28.9 Å². The van der Waals surface area contributed by atoms with Crippen molar-refractivity contribution < 1.29 is 4.42 Å². The lowest BCUT2D eigenvalue weighted by Crippen LogP contribution is -2.27. The first-order chi connectivity index (χ1) is 12.9. The third-order valence-corrected chi connectivity index (χ3v) is 5.55. The highest BCUT2D eigenvalue weighted by atomic mass is 16.3. The van der Waals surface area contributed by atoms with Crippen molar-refractivity contribution in [2.24, 2.45) is 0 Å². The molecular formula is C24H17NO. The summed E-state index contributed by atoms with van der Waals surface area (Å²) in [6.07, 6.45) is 5.76. The second kappa shape index (κ2) is 5.12. The molecule has 1 atom stereocenters. The first-order valence-electron chi connectivity index (χ1n) is 9.07. The van der Waals surface area contributed by atoms with E-state index >= 15 is 0 Å². The van der Waals surface area contributed by atoms with Crippen LogP contribution in [0.1, 0.15) is 17.9 Å². The van der Waals surface area contributed by atoms with Crippen LogP contribution >= 0.6 is 0 Å². The molecule has 1 N–H and O–H groups in total. The fourth-order valence-electron chi connectivity index (χ4n) is 4.25. The second-order valence-corrected chi connectivity index (χ2v) is 7.06. The number of hydrogen-bond acceptors (Lipinski definition) is 1. The van der Waals surface area contributed by atoms with Gasteiger partial charge in [0.05, 0.1) is 0 Å². The van der Waals surface area contributed by atoms with Gasteiger partial charge in [-0.1, -0.05) is 54.6 Å². The monoisotopic (exact) mass is 335 g/mol. The standard InChI is InChI=1S/C24H17NO/c1-3-7-21-17(5-1)19-13-15(9-11-22(19)25-21)16-10-12-24-20(14-16)18-6-2-4-8-23(18)26-24/h1-8,10-15,25H,9H2. The highest BCUT2D eigenvalue weighted by Gasteiger charge is 2.15. The molecule has 0 aliphatic heterocycles. The van der Waals surface area contributed by atoms with Crippen molar-refractivity contribution in [1.29, 1.82) is 0 Å². The molecule has 5 aromatic rings. The van der Waals surface area contributed by atoms with Crippen molar-refractivity contribution in [2.75, 3.05) is 0 Å². The zero-order valence-electron chi connectivity index (χ0n) is 14.2. The molecule has 0 amide bonds. The minimum atomic E-state index is 0.389. The van der Waals surface area contributed by atoms with Crippen LogP contribution in [0.2, 0.25) is 0 Å². The van der Waals surface area contributed by atoms with Crippen molar-refractivity contribution in [2.45, 2.75) is 12.3 Å². The van der Waals surface area contributed by atoms with Crippen LogP contribution in [0.4, 0.5) is 0 Å². The summed E-state index contributed by atoms with van der Waals surface area (Å²) in [5.41, 5.74) is 4.47. The van der Waals surface area contributed by atoms with Crippen LogP contribution in [0.25, 0.3) is 45.0 Å². The number of fused-ring (bicyclic) bond motifs is 6. The summed E-state index contributed by atoms with van der Waals surface area (Å²) >= 11 is 0. The quantitative estimate of drug-likeness (QED) is 0.468. The third kappa shape index (κ3) is 1.93. The van der Waals surface area contributed by atoms with Gasteiger partial charge in [0.25, 0.3) is 0 Å². The van der Waals surface area contributed by atoms with Crippen molar-refractivity contribution >= 4 is 45.0 Å². The molecule has 2 heteroatoms. The van der Waals surface area contributed by atoms with Gasteiger partial charge in [-0.2, -0.15) is 0 Å². The molecule has 0 saturated heterocycles. The first kappa shape index (κ1) is 14.0. The first-order valence-corrected chi connectivity index (χ1v) is 9.07. The molecule has 0 fully saturated rings. The van der Waals surface area contributed by atoms with Gasteiger partial charge in [0.2, 0.25) is 0 Å². The Balaban J connectivity index is 1.56. The van der Waals surface area contributed by atoms with Crippen LogP contribution in [0.3, 0.4) is 0 Å². The molecule has 0 spiro atoms. The fraction of sp³-hybridized carbons (Fsp3) is 0.0833. The molecule has 1 aliphatic carbocycles. The van der Waals surface area contributed by atoms with E-state index in [4.69, 9.17) is 4.42 Å². The van der Waals surface area contributed by atoms with Gasteiger partial charge in [-0.3, -0.25) is 0 Å². The van der Waals surface area contributed by atoms with Crippen molar-refractivity contribution in [3.05, 3.63) is 82.9 Å². The average molecular weight is 335 g/mol. The van der Waals surface area contributed by atoms with Crippen LogP contribution in [-0.2, 0) is 0 Å². The number of para-hydroxylation sites is 2. The summed E-state index contributed by atoms with van der Waals surface area (Å²) in [5.74, 6) is 0.389. The molecule has 0 saturated carbocycles. The maximum Gasteiger partial charge on any atom is 0.135 e. The predicted octanol–water partition coefficient (Wildman–Crippen LogP) is 4.82. The van der Waals surface area contributed by atoms with E-state index in [9.17, 15) is 0 Å². The summed E-state index contributed by atoms with van der Waals surface area (Å²) in [5, 5.41) is 6.28. The van der Waals surface area contributed by atoms with Crippen molar-refractivity contribution in [1.82, 2.24) is 4.98 Å². The Labute approximate surface area is 150 Å². The summed E-state index contributed by atoms with van der Waals surface area (Å²) < 4.78 is 5.97. The summed E-state index contributed by atoms with van der Waals surface area (Å²) in [7, 11) is 0. The Hall–Kier alpha value is -3.26. The van der Waals surface area contributed by atoms with Crippen molar-refractivity contribution in [3.8, 4) is 0 Å². The maximum atomic E-state index is 5.97. The molecule has 6 rings (SSSR count). The second-order valence-electron chi connectivity index (χ2n) is 7.06. The normalized spacial score (nSPS) is 16.5. The number of benzene rings is 3. The van der Waals surface area contributed by atoms with Gasteiger partial charge in [-0.25, -0.2) is 0 Å². The van der Waals surface area contributed by atoms with Crippen LogP contribution < -0.4 is 10.6 Å². The molecule has 2 heterocycles. The predicted molar refractivity (Wildman–Crippen MR) is 108 cm³/mol. The van der Waals surface area contributed by atoms with E-state index in [2.05, 4.69) is 71.7 Å². The lowest BCUT2D eigenvalue weighted by Gasteiger charge is -2.13. The van der Waals surface area contributed by atoms with Gasteiger partial charge in [-0.15, -0.1) is 0 Å². The van der Waals surface area contributed by atoms with E-state index in [1.54, 1.807) is 0 Å². The Bertz CT molecular complexity index is 1420. The Kier molecular flexibility index (Phi) is 2.75. The largest absolute Gasteiger partial charge is 0.456 e. The number of aromatic nitrogens is 1. The van der Waals surface area contributed by atoms with E-state index in [1.165, 1.54) is 37.8 Å². The molecule has 0 bridgehead atoms. The van der Waals surface area contributed by atoms with E-state index in [-0.39, 0.29) is 0 Å². The molecular weight excluding hydrogens is 318 g/mol. The highest BCUT2D eigenvalue weighted by Crippen LogP contribution is 2.33. The fourth-order valence-corrected chi connectivity index (χ4v) is 4.25. The van der Waals surface area contributed by atoms with Gasteiger partial charge in [-0.05, 0) is 36.2 Å². The molecule has 2 aromatic heterocycles. The van der Waals surface area contributed by atoms with Crippen LogP contribution in [0.5, 0.6) is 0 Å². The van der Waals surface area contributed by atoms with E-state index in [1.807, 2.05) is 12.1 Å². The molecule has 1 unspecified atom stereocenters. The molecule has 0 radical (unpaired) electrons. The van der Waals surface area contributed by atoms with Gasteiger partial charge in [0.15, 0.2) is 0 Å². The maximum absolute atomic E-state index is 5.97. The minimum absolute atomic E-state index is 0.389. The molecule has 26 heavy (non-hydrogen) atoms. The van der Waals surface area contributed by atoms with E-state index < -0.39 is 0 Å². The third-order valence-electron chi connectivity index (χ3n) is 5.55. The van der Waals surface area contributed by atoms with Gasteiger partial charge in [0, 0.05) is 38.2 Å². The van der Waals surface area contributed by atoms with Gasteiger partial charge in [0.1, 0.15) is 11.2 Å². The number of hydrogen-bond donors (Lipinski definition) is 1. The SMILES string of the molecule is C1=c2[nH]c3ccccc3c2=CC(c2ccc3oc4ccccc4c3c2)C1. The smallest absolute Gasteiger partial charge is 0.135 e. The van der Waals surface area contributed by atoms with E-state index in [0.717, 1.165) is 17.6 Å². The number of nitrogens with one attached hydrogen (secondary N) is 1. The summed E-state index contributed by atoms with van der Waals surface area (Å²) in [6.45, 7) is 0. The van der Waals surface area contributed by atoms with Crippen LogP contribution in [-0.4, -0.2) is 4.98 Å².